The average Bonchev–Trinajstić information content (AvgIpc) is 2.85. The van der Waals surface area contributed by atoms with Crippen LogP contribution in [0.1, 0.15) is 37.4 Å². The van der Waals surface area contributed by atoms with Gasteiger partial charge in [-0.15, -0.1) is 0 Å². The summed E-state index contributed by atoms with van der Waals surface area (Å²) in [6, 6.07) is 5.16. The molecular weight excluding hydrogens is 230 g/mol. The SMILES string of the molecule is COc1ccc2c(c1)C(O)C(N)C1(CCCC1)O2. The maximum Gasteiger partial charge on any atom is 0.127 e. The number of hydrogen-bond acceptors (Lipinski definition) is 4. The number of methoxy groups -OCH3 is 1. The van der Waals surface area contributed by atoms with E-state index in [9.17, 15) is 5.11 Å². The predicted molar refractivity (Wildman–Crippen MR) is 67.8 cm³/mol. The molecule has 1 heterocycles. The summed E-state index contributed by atoms with van der Waals surface area (Å²) in [6.07, 6.45) is 3.41. The topological polar surface area (TPSA) is 64.7 Å². The van der Waals surface area contributed by atoms with Crippen molar-refractivity contribution in [3.05, 3.63) is 23.8 Å². The number of rotatable bonds is 1. The zero-order valence-electron chi connectivity index (χ0n) is 10.6. The fourth-order valence-corrected chi connectivity index (χ4v) is 3.15. The van der Waals surface area contributed by atoms with Gasteiger partial charge in [-0.05, 0) is 43.9 Å². The molecule has 0 saturated heterocycles. The lowest BCUT2D eigenvalue weighted by molar-refractivity contribution is -0.0317. The van der Waals surface area contributed by atoms with Crippen molar-refractivity contribution >= 4 is 0 Å². The molecule has 1 aromatic carbocycles. The lowest BCUT2D eigenvalue weighted by Crippen LogP contribution is -2.56. The first kappa shape index (κ1) is 11.8. The highest BCUT2D eigenvalue weighted by Gasteiger charge is 2.49. The van der Waals surface area contributed by atoms with Gasteiger partial charge in [0, 0.05) is 5.56 Å². The molecule has 0 aromatic heterocycles. The fraction of sp³-hybridized carbons (Fsp3) is 0.571. The summed E-state index contributed by atoms with van der Waals surface area (Å²) in [7, 11) is 1.61. The summed E-state index contributed by atoms with van der Waals surface area (Å²) in [5, 5.41) is 10.4. The van der Waals surface area contributed by atoms with Gasteiger partial charge in [0.1, 0.15) is 23.2 Å². The summed E-state index contributed by atoms with van der Waals surface area (Å²) >= 11 is 0. The van der Waals surface area contributed by atoms with Crippen LogP contribution in [0.25, 0.3) is 0 Å². The van der Waals surface area contributed by atoms with Crippen molar-refractivity contribution in [1.82, 2.24) is 0 Å². The van der Waals surface area contributed by atoms with Gasteiger partial charge in [0.2, 0.25) is 0 Å². The number of nitrogens with two attached hydrogens (primary N) is 1. The minimum absolute atomic E-state index is 0.361. The Morgan fingerprint density at radius 3 is 2.78 bits per heavy atom. The molecule has 4 heteroatoms. The van der Waals surface area contributed by atoms with Crippen LogP contribution in [0.4, 0.5) is 0 Å². The highest BCUT2D eigenvalue weighted by atomic mass is 16.5. The van der Waals surface area contributed by atoms with Crippen molar-refractivity contribution in [1.29, 1.82) is 0 Å². The molecule has 1 fully saturated rings. The van der Waals surface area contributed by atoms with E-state index >= 15 is 0 Å². The van der Waals surface area contributed by atoms with Gasteiger partial charge < -0.3 is 20.3 Å². The molecule has 98 valence electrons. The normalized spacial score (nSPS) is 28.8. The van der Waals surface area contributed by atoms with E-state index in [-0.39, 0.29) is 11.6 Å². The number of aliphatic hydroxyl groups excluding tert-OH is 1. The van der Waals surface area contributed by atoms with Gasteiger partial charge in [-0.1, -0.05) is 0 Å². The Bertz CT molecular complexity index is 454. The van der Waals surface area contributed by atoms with Gasteiger partial charge in [-0.25, -0.2) is 0 Å². The smallest absolute Gasteiger partial charge is 0.127 e. The summed E-state index contributed by atoms with van der Waals surface area (Å²) in [5.74, 6) is 1.46. The van der Waals surface area contributed by atoms with Crippen LogP contribution in [-0.2, 0) is 0 Å². The van der Waals surface area contributed by atoms with Crippen LogP contribution in [0, 0.1) is 0 Å². The second-order valence-corrected chi connectivity index (χ2v) is 5.25. The Labute approximate surface area is 107 Å². The van der Waals surface area contributed by atoms with E-state index in [1.165, 1.54) is 0 Å². The monoisotopic (exact) mass is 249 g/mol. The largest absolute Gasteiger partial charge is 0.497 e. The summed E-state index contributed by atoms with van der Waals surface area (Å²) < 4.78 is 11.3. The molecule has 0 bridgehead atoms. The van der Waals surface area contributed by atoms with Crippen LogP contribution >= 0.6 is 0 Å². The molecule has 2 unspecified atom stereocenters. The quantitative estimate of drug-likeness (QED) is 0.796. The molecule has 3 rings (SSSR count). The maximum atomic E-state index is 10.4. The molecule has 1 aromatic rings. The molecule has 0 radical (unpaired) electrons. The van der Waals surface area contributed by atoms with Crippen molar-refractivity contribution in [2.24, 2.45) is 5.73 Å². The highest BCUT2D eigenvalue weighted by Crippen LogP contribution is 2.47. The standard InChI is InChI=1S/C14H19NO3/c1-17-9-4-5-11-10(8-9)12(16)13(15)14(18-11)6-2-3-7-14/h4-5,8,12-13,16H,2-3,6-7,15H2,1H3. The van der Waals surface area contributed by atoms with Crippen LogP contribution in [-0.4, -0.2) is 23.9 Å². The van der Waals surface area contributed by atoms with Crippen molar-refractivity contribution in [2.75, 3.05) is 7.11 Å². The number of hydrogen-bond donors (Lipinski definition) is 2. The molecule has 2 atom stereocenters. The zero-order valence-corrected chi connectivity index (χ0v) is 10.6. The third-order valence-electron chi connectivity index (χ3n) is 4.25. The number of benzene rings is 1. The van der Waals surface area contributed by atoms with Crippen molar-refractivity contribution < 1.29 is 14.6 Å². The van der Waals surface area contributed by atoms with Gasteiger partial charge in [-0.2, -0.15) is 0 Å². The molecule has 1 saturated carbocycles. The first-order valence-corrected chi connectivity index (χ1v) is 6.47. The van der Waals surface area contributed by atoms with Crippen LogP contribution in [0.15, 0.2) is 18.2 Å². The first-order valence-electron chi connectivity index (χ1n) is 6.47. The Kier molecular flexibility index (Phi) is 2.72. The third kappa shape index (κ3) is 1.60. The number of fused-ring (bicyclic) bond motifs is 1. The van der Waals surface area contributed by atoms with Crippen LogP contribution in [0.5, 0.6) is 11.5 Å². The molecule has 18 heavy (non-hydrogen) atoms. The van der Waals surface area contributed by atoms with Crippen LogP contribution < -0.4 is 15.2 Å². The van der Waals surface area contributed by atoms with E-state index in [2.05, 4.69) is 0 Å². The first-order chi connectivity index (χ1) is 8.66. The number of ether oxygens (including phenoxy) is 2. The van der Waals surface area contributed by atoms with Crippen LogP contribution in [0.3, 0.4) is 0 Å². The van der Waals surface area contributed by atoms with Crippen molar-refractivity contribution in [2.45, 2.75) is 43.4 Å². The summed E-state index contributed by atoms with van der Waals surface area (Å²) in [6.45, 7) is 0. The van der Waals surface area contributed by atoms with Gasteiger partial charge in [0.15, 0.2) is 0 Å². The molecule has 2 aliphatic rings. The zero-order chi connectivity index (χ0) is 12.8. The second-order valence-electron chi connectivity index (χ2n) is 5.25. The fourth-order valence-electron chi connectivity index (χ4n) is 3.15. The molecule has 0 amide bonds. The molecule has 1 aliphatic carbocycles. The summed E-state index contributed by atoms with van der Waals surface area (Å²) in [4.78, 5) is 0. The van der Waals surface area contributed by atoms with E-state index in [4.69, 9.17) is 15.2 Å². The van der Waals surface area contributed by atoms with E-state index < -0.39 is 6.10 Å². The predicted octanol–water partition coefficient (Wildman–Crippen LogP) is 1.76. The highest BCUT2D eigenvalue weighted by molar-refractivity contribution is 5.45. The van der Waals surface area contributed by atoms with Gasteiger partial charge in [-0.3, -0.25) is 0 Å². The third-order valence-corrected chi connectivity index (χ3v) is 4.25. The van der Waals surface area contributed by atoms with Crippen LogP contribution in [0.2, 0.25) is 0 Å². The van der Waals surface area contributed by atoms with Crippen molar-refractivity contribution in [3.8, 4) is 11.5 Å². The van der Waals surface area contributed by atoms with Gasteiger partial charge in [0.25, 0.3) is 0 Å². The van der Waals surface area contributed by atoms with Gasteiger partial charge >= 0.3 is 0 Å². The maximum absolute atomic E-state index is 10.4. The van der Waals surface area contributed by atoms with E-state index in [0.29, 0.717) is 5.75 Å². The molecule has 1 aliphatic heterocycles. The molecule has 3 N–H and O–H groups in total. The van der Waals surface area contributed by atoms with E-state index in [1.807, 2.05) is 18.2 Å². The molecular formula is C14H19NO3. The number of aliphatic hydroxyl groups is 1. The lowest BCUT2D eigenvalue weighted by atomic mass is 9.83. The van der Waals surface area contributed by atoms with E-state index in [0.717, 1.165) is 37.0 Å². The molecule has 4 nitrogen and oxygen atoms in total. The summed E-state index contributed by atoms with van der Waals surface area (Å²) in [5.41, 5.74) is 6.57. The minimum Gasteiger partial charge on any atom is -0.497 e. The van der Waals surface area contributed by atoms with Gasteiger partial charge in [0.05, 0.1) is 13.2 Å². The Hall–Kier alpha value is -1.26. The minimum atomic E-state index is -0.679. The Morgan fingerprint density at radius 2 is 2.11 bits per heavy atom. The lowest BCUT2D eigenvalue weighted by Gasteiger charge is -2.43. The average molecular weight is 249 g/mol. The van der Waals surface area contributed by atoms with Crippen molar-refractivity contribution in [3.63, 3.8) is 0 Å². The Morgan fingerprint density at radius 1 is 1.39 bits per heavy atom. The second kappa shape index (κ2) is 4.14. The molecule has 1 spiro atoms. The van der Waals surface area contributed by atoms with E-state index in [1.54, 1.807) is 7.11 Å². The Balaban J connectivity index is 2.02.